The van der Waals surface area contributed by atoms with Crippen molar-refractivity contribution in [2.24, 2.45) is 0 Å². The van der Waals surface area contributed by atoms with Gasteiger partial charge in [0.15, 0.2) is 5.78 Å². The number of carboxylic acid groups (broad SMARTS) is 1. The quantitative estimate of drug-likeness (QED) is 0.432. The van der Waals surface area contributed by atoms with Crippen molar-refractivity contribution in [3.63, 3.8) is 0 Å². The first-order valence-electron chi connectivity index (χ1n) is 7.38. The normalized spacial score (nSPS) is 17.7. The van der Waals surface area contributed by atoms with E-state index in [0.29, 0.717) is 19.4 Å². The van der Waals surface area contributed by atoms with Crippen LogP contribution in [-0.4, -0.2) is 46.5 Å². The first kappa shape index (κ1) is 20.6. The maximum atomic E-state index is 12.1. The molecule has 1 N–H and O–H groups in total. The summed E-state index contributed by atoms with van der Waals surface area (Å²) in [5, 5.41) is 20.5. The molecule has 0 radical (unpaired) electrons. The van der Waals surface area contributed by atoms with Crippen molar-refractivity contribution in [1.82, 2.24) is 4.90 Å². The number of aliphatic carboxylic acids is 1. The molecule has 7 nitrogen and oxygen atoms in total. The molecule has 1 aromatic carbocycles. The molecule has 124 valence electrons. The molecule has 1 fully saturated rings. The fourth-order valence-corrected chi connectivity index (χ4v) is 2.63. The molecule has 1 heterocycles. The molecule has 2 atom stereocenters. The van der Waals surface area contributed by atoms with Crippen molar-refractivity contribution in [2.45, 2.75) is 38.0 Å². The summed E-state index contributed by atoms with van der Waals surface area (Å²) in [6.07, 6.45) is -1.26. The predicted molar refractivity (Wildman–Crippen MR) is 77.0 cm³/mol. The molecule has 1 unspecified atom stereocenters. The molecular formula is C16H18NNaO6. The summed E-state index contributed by atoms with van der Waals surface area (Å²) in [5.41, 5.74) is 0.837. The Morgan fingerprint density at radius 1 is 1.29 bits per heavy atom. The van der Waals surface area contributed by atoms with Crippen LogP contribution in [0.15, 0.2) is 30.3 Å². The number of carbonyl (C=O) groups is 3. The van der Waals surface area contributed by atoms with E-state index < -0.39 is 36.4 Å². The zero-order valence-electron chi connectivity index (χ0n) is 13.5. The second-order valence-electron chi connectivity index (χ2n) is 5.43. The predicted octanol–water partition coefficient (Wildman–Crippen LogP) is -3.14. The summed E-state index contributed by atoms with van der Waals surface area (Å²) < 4.78 is 5.21. The Bertz CT molecular complexity index is 579. The molecule has 1 saturated heterocycles. The van der Waals surface area contributed by atoms with E-state index in [1.165, 1.54) is 4.90 Å². The molecule has 24 heavy (non-hydrogen) atoms. The molecule has 0 aromatic heterocycles. The number of hydrogen-bond donors (Lipinski definition) is 1. The van der Waals surface area contributed by atoms with Crippen molar-refractivity contribution in [3.8, 4) is 0 Å². The third kappa shape index (κ3) is 5.59. The Hall–Kier alpha value is -1.41. The van der Waals surface area contributed by atoms with Crippen LogP contribution in [0.4, 0.5) is 4.79 Å². The van der Waals surface area contributed by atoms with E-state index in [2.05, 4.69) is 0 Å². The Labute approximate surface area is 161 Å². The third-order valence-electron chi connectivity index (χ3n) is 3.81. The number of aliphatic hydroxyl groups excluding tert-OH is 1. The van der Waals surface area contributed by atoms with Crippen LogP contribution < -0.4 is 34.7 Å². The van der Waals surface area contributed by atoms with E-state index in [4.69, 9.17) is 4.74 Å². The number of likely N-dealkylation sites (tertiary alicyclic amines) is 1. The van der Waals surface area contributed by atoms with Crippen molar-refractivity contribution in [3.05, 3.63) is 35.9 Å². The van der Waals surface area contributed by atoms with Gasteiger partial charge in [0.25, 0.3) is 0 Å². The maximum Gasteiger partial charge on any atom is 1.00 e. The van der Waals surface area contributed by atoms with Gasteiger partial charge in [0, 0.05) is 13.0 Å². The van der Waals surface area contributed by atoms with Crippen molar-refractivity contribution in [1.29, 1.82) is 0 Å². The van der Waals surface area contributed by atoms with Crippen LogP contribution in [0, 0.1) is 0 Å². The minimum absolute atomic E-state index is 0. The summed E-state index contributed by atoms with van der Waals surface area (Å²) in [6, 6.07) is 8.53. The van der Waals surface area contributed by atoms with Crippen LogP contribution in [0.1, 0.15) is 24.8 Å². The van der Waals surface area contributed by atoms with E-state index in [1.807, 2.05) is 30.3 Å². The summed E-state index contributed by atoms with van der Waals surface area (Å²) >= 11 is 0. The number of amides is 1. The zero-order valence-corrected chi connectivity index (χ0v) is 15.5. The summed E-state index contributed by atoms with van der Waals surface area (Å²) in [6.45, 7) is 0.506. The number of ether oxygens (including phenoxy) is 1. The van der Waals surface area contributed by atoms with E-state index in [9.17, 15) is 24.6 Å². The standard InChI is InChI=1S/C16H19NO6.Na/c18-13(9-14(19)15(20)21)12-7-4-8-17(12)16(22)23-10-11-5-2-1-3-6-11;/h1-3,5-6,12-13,18H,4,7-10H2,(H,20,21);/q;+1/p-1/t12-,13?;/m0./s1. The number of carboxylic acids is 1. The summed E-state index contributed by atoms with van der Waals surface area (Å²) in [4.78, 5) is 35.1. The second-order valence-corrected chi connectivity index (χ2v) is 5.43. The maximum absolute atomic E-state index is 12.1. The van der Waals surface area contributed by atoms with Gasteiger partial charge >= 0.3 is 35.7 Å². The minimum atomic E-state index is -1.83. The fraction of sp³-hybridized carbons (Fsp3) is 0.438. The van der Waals surface area contributed by atoms with Crippen LogP contribution in [0.3, 0.4) is 0 Å². The topological polar surface area (TPSA) is 107 Å². The molecule has 0 saturated carbocycles. The number of hydrogen-bond acceptors (Lipinski definition) is 6. The van der Waals surface area contributed by atoms with Crippen molar-refractivity contribution >= 4 is 17.8 Å². The number of rotatable bonds is 6. The summed E-state index contributed by atoms with van der Waals surface area (Å²) in [7, 11) is 0. The number of Topliss-reactive ketones (excluding diaryl/α,β-unsaturated/α-hetero) is 1. The van der Waals surface area contributed by atoms with Crippen LogP contribution in [0.2, 0.25) is 0 Å². The monoisotopic (exact) mass is 343 g/mol. The number of benzene rings is 1. The number of aliphatic hydroxyl groups is 1. The first-order valence-corrected chi connectivity index (χ1v) is 7.38. The largest absolute Gasteiger partial charge is 1.00 e. The minimum Gasteiger partial charge on any atom is -0.542 e. The average Bonchev–Trinajstić information content (AvgIpc) is 3.03. The molecule has 0 spiro atoms. The third-order valence-corrected chi connectivity index (χ3v) is 3.81. The van der Waals surface area contributed by atoms with Gasteiger partial charge in [-0.2, -0.15) is 0 Å². The van der Waals surface area contributed by atoms with Gasteiger partial charge in [0.2, 0.25) is 0 Å². The van der Waals surface area contributed by atoms with E-state index in [1.54, 1.807) is 0 Å². The van der Waals surface area contributed by atoms with Gasteiger partial charge in [-0.15, -0.1) is 0 Å². The smallest absolute Gasteiger partial charge is 0.542 e. The molecule has 0 aliphatic carbocycles. The van der Waals surface area contributed by atoms with Gasteiger partial charge in [0.1, 0.15) is 12.6 Å². The number of carbonyl (C=O) groups excluding carboxylic acids is 3. The second kappa shape index (κ2) is 9.78. The Balaban J connectivity index is 0.00000288. The van der Waals surface area contributed by atoms with E-state index in [-0.39, 0.29) is 36.2 Å². The van der Waals surface area contributed by atoms with Crippen molar-refractivity contribution < 1.29 is 58.9 Å². The van der Waals surface area contributed by atoms with Gasteiger partial charge < -0.3 is 24.6 Å². The van der Waals surface area contributed by atoms with Gasteiger partial charge in [-0.1, -0.05) is 30.3 Å². The number of nitrogens with zero attached hydrogens (tertiary/aromatic N) is 1. The van der Waals surface area contributed by atoms with Crippen LogP contribution in [0.5, 0.6) is 0 Å². The Morgan fingerprint density at radius 3 is 2.58 bits per heavy atom. The first-order chi connectivity index (χ1) is 11.0. The molecule has 1 aliphatic rings. The van der Waals surface area contributed by atoms with Crippen LogP contribution in [-0.2, 0) is 20.9 Å². The number of ketones is 1. The van der Waals surface area contributed by atoms with E-state index >= 15 is 0 Å². The molecular weight excluding hydrogens is 325 g/mol. The van der Waals surface area contributed by atoms with Crippen LogP contribution >= 0.6 is 0 Å². The Kier molecular flexibility index (Phi) is 8.41. The van der Waals surface area contributed by atoms with Gasteiger partial charge in [-0.25, -0.2) is 4.79 Å². The molecule has 1 aromatic rings. The molecule has 1 aliphatic heterocycles. The molecule has 0 bridgehead atoms. The van der Waals surface area contributed by atoms with Gasteiger partial charge in [-0.05, 0) is 18.4 Å². The SMILES string of the molecule is O=C([O-])C(=O)CC(O)[C@@H]1CCCN1C(=O)OCc1ccccc1.[Na+]. The molecule has 1 amide bonds. The van der Waals surface area contributed by atoms with Gasteiger partial charge in [0.05, 0.1) is 12.1 Å². The average molecular weight is 343 g/mol. The summed E-state index contributed by atoms with van der Waals surface area (Å²) in [5.74, 6) is -3.01. The Morgan fingerprint density at radius 2 is 1.96 bits per heavy atom. The van der Waals surface area contributed by atoms with Gasteiger partial charge in [-0.3, -0.25) is 4.79 Å². The zero-order chi connectivity index (χ0) is 16.8. The van der Waals surface area contributed by atoms with Crippen LogP contribution in [0.25, 0.3) is 0 Å². The van der Waals surface area contributed by atoms with E-state index in [0.717, 1.165) is 5.56 Å². The fourth-order valence-electron chi connectivity index (χ4n) is 2.63. The molecule has 2 rings (SSSR count). The van der Waals surface area contributed by atoms with Crippen molar-refractivity contribution in [2.75, 3.05) is 6.54 Å². The molecule has 8 heteroatoms.